The molecule has 138 valence electrons. The van der Waals surface area contributed by atoms with Gasteiger partial charge in [0.1, 0.15) is 11.9 Å². The highest BCUT2D eigenvalue weighted by Gasteiger charge is 2.30. The van der Waals surface area contributed by atoms with Gasteiger partial charge < -0.3 is 4.74 Å². The van der Waals surface area contributed by atoms with E-state index >= 15 is 0 Å². The molecule has 5 rings (SSSR count). The highest BCUT2D eigenvalue weighted by Crippen LogP contribution is 2.34. The number of fused-ring (bicyclic) bond motifs is 2. The molecule has 0 saturated carbocycles. The number of halogens is 1. The van der Waals surface area contributed by atoms with E-state index in [0.29, 0.717) is 35.9 Å². The van der Waals surface area contributed by atoms with E-state index in [9.17, 15) is 4.39 Å². The Morgan fingerprint density at radius 2 is 2.18 bits per heavy atom. The van der Waals surface area contributed by atoms with Crippen LogP contribution in [0.4, 0.5) is 4.39 Å². The van der Waals surface area contributed by atoms with E-state index in [1.165, 1.54) is 6.07 Å². The molecule has 0 fully saturated rings. The molecular formula is C22H17FN4O. The molecule has 1 aliphatic heterocycles. The number of hydrogen-bond acceptors (Lipinski definition) is 4. The van der Waals surface area contributed by atoms with Crippen LogP contribution in [0.15, 0.2) is 36.4 Å². The normalized spacial score (nSPS) is 17.6. The molecule has 28 heavy (non-hydrogen) atoms. The van der Waals surface area contributed by atoms with Crippen LogP contribution in [0.25, 0.3) is 11.6 Å². The Morgan fingerprint density at radius 3 is 3.04 bits per heavy atom. The lowest BCUT2D eigenvalue weighted by Gasteiger charge is -2.24. The summed E-state index contributed by atoms with van der Waals surface area (Å²) in [6.45, 7) is 2.88. The molecule has 1 aromatic heterocycles. The number of nitrogens with zero attached hydrogens (tertiary/aromatic N) is 4. The van der Waals surface area contributed by atoms with Gasteiger partial charge in [0.25, 0.3) is 0 Å². The van der Waals surface area contributed by atoms with Crippen LogP contribution in [0.5, 0.6) is 0 Å². The standard InChI is InChI=1S/C22H17FN4O/c1-13-18(3-2-4-19(13)23)20-22-25-21(26-27(22)7-8-28-20)17-10-15-6-5-14(12-24)9-16(15)11-17/h2-6,9,11,20H,7-8,10H2,1H3. The highest BCUT2D eigenvalue weighted by atomic mass is 19.1. The molecule has 1 aliphatic carbocycles. The number of allylic oxidation sites excluding steroid dienone is 1. The fourth-order valence-electron chi connectivity index (χ4n) is 3.86. The van der Waals surface area contributed by atoms with Crippen LogP contribution in [0.1, 0.15) is 45.6 Å². The first-order chi connectivity index (χ1) is 13.6. The maximum Gasteiger partial charge on any atom is 0.177 e. The second kappa shape index (κ2) is 6.39. The maximum absolute atomic E-state index is 14.0. The Kier molecular flexibility index (Phi) is 3.85. The average Bonchev–Trinajstić information content (AvgIpc) is 3.33. The Balaban J connectivity index is 1.53. The number of aromatic nitrogens is 3. The summed E-state index contributed by atoms with van der Waals surface area (Å²) in [6.07, 6.45) is 2.34. The van der Waals surface area contributed by atoms with Crippen molar-refractivity contribution in [1.82, 2.24) is 14.8 Å². The molecule has 0 spiro atoms. The zero-order chi connectivity index (χ0) is 19.3. The molecule has 0 bridgehead atoms. The van der Waals surface area contributed by atoms with Gasteiger partial charge in [0.15, 0.2) is 11.6 Å². The SMILES string of the molecule is Cc1c(F)cccc1C1OCCn2nc(C3=Cc4cc(C#N)ccc4C3)nc21. The number of benzene rings is 2. The van der Waals surface area contributed by atoms with Crippen molar-refractivity contribution >= 4 is 11.6 Å². The first-order valence-electron chi connectivity index (χ1n) is 9.19. The smallest absolute Gasteiger partial charge is 0.177 e. The Labute approximate surface area is 161 Å². The van der Waals surface area contributed by atoms with Gasteiger partial charge in [-0.3, -0.25) is 0 Å². The van der Waals surface area contributed by atoms with E-state index in [2.05, 4.69) is 11.2 Å². The quantitative estimate of drug-likeness (QED) is 0.686. The van der Waals surface area contributed by atoms with Crippen LogP contribution in [-0.4, -0.2) is 21.4 Å². The van der Waals surface area contributed by atoms with Crippen LogP contribution >= 0.6 is 0 Å². The van der Waals surface area contributed by atoms with Crippen LogP contribution in [0, 0.1) is 24.1 Å². The van der Waals surface area contributed by atoms with Gasteiger partial charge in [-0.15, -0.1) is 0 Å². The van der Waals surface area contributed by atoms with Crippen molar-refractivity contribution < 1.29 is 9.13 Å². The van der Waals surface area contributed by atoms with Crippen molar-refractivity contribution in [2.24, 2.45) is 0 Å². The third kappa shape index (κ3) is 2.63. The monoisotopic (exact) mass is 372 g/mol. The molecule has 1 atom stereocenters. The minimum Gasteiger partial charge on any atom is -0.364 e. The third-order valence-electron chi connectivity index (χ3n) is 5.39. The second-order valence-electron chi connectivity index (χ2n) is 7.09. The predicted octanol–water partition coefficient (Wildman–Crippen LogP) is 3.81. The summed E-state index contributed by atoms with van der Waals surface area (Å²) in [7, 11) is 0. The van der Waals surface area contributed by atoms with Crippen molar-refractivity contribution in [1.29, 1.82) is 5.26 Å². The summed E-state index contributed by atoms with van der Waals surface area (Å²) in [5.74, 6) is 1.11. The molecule has 5 nitrogen and oxygen atoms in total. The molecule has 2 aromatic carbocycles. The van der Waals surface area contributed by atoms with E-state index in [0.717, 1.165) is 28.7 Å². The molecule has 6 heteroatoms. The fourth-order valence-corrected chi connectivity index (χ4v) is 3.86. The average molecular weight is 372 g/mol. The van der Waals surface area contributed by atoms with Crippen molar-refractivity contribution in [3.8, 4) is 6.07 Å². The van der Waals surface area contributed by atoms with E-state index in [1.54, 1.807) is 13.0 Å². The molecule has 0 radical (unpaired) electrons. The molecule has 2 heterocycles. The number of hydrogen-bond donors (Lipinski definition) is 0. The summed E-state index contributed by atoms with van der Waals surface area (Å²) in [5.41, 5.74) is 5.21. The van der Waals surface area contributed by atoms with E-state index in [4.69, 9.17) is 15.0 Å². The van der Waals surface area contributed by atoms with Gasteiger partial charge in [0.2, 0.25) is 0 Å². The first kappa shape index (κ1) is 16.8. The first-order valence-corrected chi connectivity index (χ1v) is 9.19. The Morgan fingerprint density at radius 1 is 1.29 bits per heavy atom. The predicted molar refractivity (Wildman–Crippen MR) is 102 cm³/mol. The van der Waals surface area contributed by atoms with Crippen molar-refractivity contribution in [2.75, 3.05) is 6.61 Å². The molecule has 0 N–H and O–H groups in total. The summed E-state index contributed by atoms with van der Waals surface area (Å²) in [5, 5.41) is 13.8. The summed E-state index contributed by atoms with van der Waals surface area (Å²) < 4.78 is 21.9. The topological polar surface area (TPSA) is 63.7 Å². The van der Waals surface area contributed by atoms with Crippen molar-refractivity contribution in [3.05, 3.63) is 81.7 Å². The summed E-state index contributed by atoms with van der Waals surface area (Å²) in [6, 6.07) is 12.9. The van der Waals surface area contributed by atoms with Crippen molar-refractivity contribution in [3.63, 3.8) is 0 Å². The zero-order valence-electron chi connectivity index (χ0n) is 15.3. The lowest BCUT2D eigenvalue weighted by molar-refractivity contribution is 0.0384. The molecule has 0 saturated heterocycles. The van der Waals surface area contributed by atoms with Crippen LogP contribution in [0.2, 0.25) is 0 Å². The van der Waals surface area contributed by atoms with E-state index < -0.39 is 6.10 Å². The zero-order valence-corrected chi connectivity index (χ0v) is 15.3. The third-order valence-corrected chi connectivity index (χ3v) is 5.39. The molecular weight excluding hydrogens is 355 g/mol. The molecule has 3 aromatic rings. The molecule has 1 unspecified atom stereocenters. The van der Waals surface area contributed by atoms with Crippen LogP contribution < -0.4 is 0 Å². The lowest BCUT2D eigenvalue weighted by atomic mass is 10.0. The van der Waals surface area contributed by atoms with Crippen LogP contribution in [0.3, 0.4) is 0 Å². The maximum atomic E-state index is 14.0. The second-order valence-corrected chi connectivity index (χ2v) is 7.09. The van der Waals surface area contributed by atoms with Gasteiger partial charge in [0.05, 0.1) is 24.8 Å². The van der Waals surface area contributed by atoms with Crippen molar-refractivity contribution in [2.45, 2.75) is 26.0 Å². The van der Waals surface area contributed by atoms with E-state index in [1.807, 2.05) is 35.0 Å². The summed E-state index contributed by atoms with van der Waals surface area (Å²) in [4.78, 5) is 4.76. The van der Waals surface area contributed by atoms with E-state index in [-0.39, 0.29) is 5.82 Å². The molecule has 0 amide bonds. The largest absolute Gasteiger partial charge is 0.364 e. The van der Waals surface area contributed by atoms with Crippen LogP contribution in [-0.2, 0) is 17.7 Å². The minimum absolute atomic E-state index is 0.250. The number of nitriles is 1. The van der Waals surface area contributed by atoms with Gasteiger partial charge in [-0.1, -0.05) is 18.2 Å². The highest BCUT2D eigenvalue weighted by molar-refractivity contribution is 5.86. The van der Waals surface area contributed by atoms with Gasteiger partial charge in [-0.05, 0) is 53.5 Å². The number of ether oxygens (including phenoxy) is 1. The van der Waals surface area contributed by atoms with Gasteiger partial charge in [0, 0.05) is 12.0 Å². The minimum atomic E-state index is -0.430. The lowest BCUT2D eigenvalue weighted by Crippen LogP contribution is -2.24. The number of rotatable bonds is 2. The van der Waals surface area contributed by atoms with Gasteiger partial charge in [-0.2, -0.15) is 10.4 Å². The Hall–Kier alpha value is -3.30. The summed E-state index contributed by atoms with van der Waals surface area (Å²) >= 11 is 0. The fraction of sp³-hybridized carbons (Fsp3) is 0.227. The Bertz CT molecular complexity index is 1170. The van der Waals surface area contributed by atoms with Gasteiger partial charge in [-0.25, -0.2) is 14.1 Å². The molecule has 2 aliphatic rings. The van der Waals surface area contributed by atoms with Gasteiger partial charge >= 0.3 is 0 Å².